The number of amides is 1. The van der Waals surface area contributed by atoms with Crippen molar-refractivity contribution in [3.63, 3.8) is 0 Å². The third kappa shape index (κ3) is 5.15. The van der Waals surface area contributed by atoms with Gasteiger partial charge in [-0.05, 0) is 37.1 Å². The van der Waals surface area contributed by atoms with E-state index in [0.29, 0.717) is 5.69 Å². The van der Waals surface area contributed by atoms with E-state index in [9.17, 15) is 9.18 Å². The van der Waals surface area contributed by atoms with E-state index in [1.165, 1.54) is 47.4 Å². The van der Waals surface area contributed by atoms with Gasteiger partial charge in [-0.25, -0.2) is 4.39 Å². The fourth-order valence-electron chi connectivity index (χ4n) is 2.20. The topological polar surface area (TPSA) is 76.1 Å². The Hall–Kier alpha value is -1.71. The van der Waals surface area contributed by atoms with Gasteiger partial charge in [0, 0.05) is 18.8 Å². The standard InChI is InChI=1S/C15H17FN4O2S2/c16-10-3-5-11(6-4-10)18-13(21)9-23-15-20-19-14(24-15)17-8-12-2-1-7-22-12/h3-6,12H,1-2,7-9H2,(H,17,19)(H,18,21). The predicted molar refractivity (Wildman–Crippen MR) is 93.1 cm³/mol. The Morgan fingerprint density at radius 1 is 1.38 bits per heavy atom. The molecule has 1 atom stereocenters. The molecule has 0 radical (unpaired) electrons. The van der Waals surface area contributed by atoms with Gasteiger partial charge in [0.05, 0.1) is 11.9 Å². The number of hydrogen-bond donors (Lipinski definition) is 2. The lowest BCUT2D eigenvalue weighted by atomic mass is 10.2. The number of aromatic nitrogens is 2. The van der Waals surface area contributed by atoms with Gasteiger partial charge in [-0.2, -0.15) is 0 Å². The molecule has 3 rings (SSSR count). The molecule has 0 saturated carbocycles. The molecule has 0 aliphatic carbocycles. The average molecular weight is 368 g/mol. The first-order valence-corrected chi connectivity index (χ1v) is 9.36. The van der Waals surface area contributed by atoms with Gasteiger partial charge in [0.2, 0.25) is 11.0 Å². The maximum absolute atomic E-state index is 12.8. The van der Waals surface area contributed by atoms with Crippen LogP contribution in [-0.4, -0.2) is 41.1 Å². The minimum absolute atomic E-state index is 0.171. The van der Waals surface area contributed by atoms with E-state index in [2.05, 4.69) is 20.8 Å². The van der Waals surface area contributed by atoms with Crippen LogP contribution in [0.15, 0.2) is 28.6 Å². The van der Waals surface area contributed by atoms with Crippen molar-refractivity contribution in [2.75, 3.05) is 29.5 Å². The van der Waals surface area contributed by atoms with E-state index in [1.54, 1.807) is 0 Å². The van der Waals surface area contributed by atoms with E-state index in [1.807, 2.05) is 0 Å². The Labute approximate surface area is 147 Å². The Morgan fingerprint density at radius 3 is 2.96 bits per heavy atom. The summed E-state index contributed by atoms with van der Waals surface area (Å²) in [6.07, 6.45) is 2.41. The molecule has 9 heteroatoms. The second-order valence-electron chi connectivity index (χ2n) is 5.23. The summed E-state index contributed by atoms with van der Waals surface area (Å²) < 4.78 is 19.1. The molecule has 0 spiro atoms. The van der Waals surface area contributed by atoms with Crippen LogP contribution in [0.2, 0.25) is 0 Å². The quantitative estimate of drug-likeness (QED) is 0.732. The van der Waals surface area contributed by atoms with Gasteiger partial charge in [0.25, 0.3) is 0 Å². The average Bonchev–Trinajstić information content (AvgIpc) is 3.25. The smallest absolute Gasteiger partial charge is 0.234 e. The van der Waals surface area contributed by atoms with Crippen molar-refractivity contribution < 1.29 is 13.9 Å². The van der Waals surface area contributed by atoms with Gasteiger partial charge in [0.15, 0.2) is 4.34 Å². The molecular formula is C15H17FN4O2S2. The number of rotatable bonds is 7. The highest BCUT2D eigenvalue weighted by Gasteiger charge is 2.16. The Balaban J connectivity index is 1.41. The van der Waals surface area contributed by atoms with Gasteiger partial charge in [-0.15, -0.1) is 10.2 Å². The van der Waals surface area contributed by atoms with Crippen molar-refractivity contribution in [1.82, 2.24) is 10.2 Å². The predicted octanol–water partition coefficient (Wildman–Crippen LogP) is 3.00. The number of nitrogens with one attached hydrogen (secondary N) is 2. The molecule has 1 saturated heterocycles. The molecule has 1 unspecified atom stereocenters. The van der Waals surface area contributed by atoms with Crippen LogP contribution in [0.5, 0.6) is 0 Å². The Kier molecular flexibility index (Phi) is 6.00. The fourth-order valence-corrected chi connectivity index (χ4v) is 3.76. The molecule has 24 heavy (non-hydrogen) atoms. The minimum atomic E-state index is -0.334. The van der Waals surface area contributed by atoms with Gasteiger partial charge in [-0.1, -0.05) is 23.1 Å². The molecule has 1 aromatic heterocycles. The van der Waals surface area contributed by atoms with Crippen LogP contribution in [0.3, 0.4) is 0 Å². The summed E-state index contributed by atoms with van der Waals surface area (Å²) in [5.74, 6) is -0.285. The van der Waals surface area contributed by atoms with Crippen LogP contribution in [0.4, 0.5) is 15.2 Å². The Morgan fingerprint density at radius 2 is 2.21 bits per heavy atom. The maximum Gasteiger partial charge on any atom is 0.234 e. The first kappa shape index (κ1) is 17.1. The highest BCUT2D eigenvalue weighted by atomic mass is 32.2. The summed E-state index contributed by atoms with van der Waals surface area (Å²) in [5.41, 5.74) is 0.568. The van der Waals surface area contributed by atoms with E-state index in [-0.39, 0.29) is 23.6 Å². The monoisotopic (exact) mass is 368 g/mol. The molecule has 1 aliphatic heterocycles. The van der Waals surface area contributed by atoms with Crippen LogP contribution in [0.25, 0.3) is 0 Å². The molecule has 2 aromatic rings. The lowest BCUT2D eigenvalue weighted by Crippen LogP contribution is -2.18. The number of nitrogens with zero attached hydrogens (tertiary/aromatic N) is 2. The van der Waals surface area contributed by atoms with Crippen molar-refractivity contribution in [3.05, 3.63) is 30.1 Å². The number of halogens is 1. The van der Waals surface area contributed by atoms with E-state index in [4.69, 9.17) is 4.74 Å². The number of benzene rings is 1. The van der Waals surface area contributed by atoms with Crippen LogP contribution < -0.4 is 10.6 Å². The summed E-state index contributed by atoms with van der Waals surface area (Å²) >= 11 is 2.73. The van der Waals surface area contributed by atoms with E-state index < -0.39 is 0 Å². The molecule has 0 bridgehead atoms. The normalized spacial score (nSPS) is 17.0. The Bertz CT molecular complexity index is 674. The SMILES string of the molecule is O=C(CSc1nnc(NCC2CCCO2)s1)Nc1ccc(F)cc1. The first-order chi connectivity index (χ1) is 11.7. The summed E-state index contributed by atoms with van der Waals surface area (Å²) in [6, 6.07) is 5.66. The highest BCUT2D eigenvalue weighted by molar-refractivity contribution is 8.01. The second-order valence-corrected chi connectivity index (χ2v) is 7.43. The highest BCUT2D eigenvalue weighted by Crippen LogP contribution is 2.26. The molecular weight excluding hydrogens is 351 g/mol. The third-order valence-electron chi connectivity index (χ3n) is 3.37. The number of hydrogen-bond acceptors (Lipinski definition) is 7. The molecule has 1 fully saturated rings. The number of thioether (sulfide) groups is 1. The number of carbonyl (C=O) groups excluding carboxylic acids is 1. The maximum atomic E-state index is 12.8. The largest absolute Gasteiger partial charge is 0.376 e. The zero-order chi connectivity index (χ0) is 16.8. The van der Waals surface area contributed by atoms with Crippen molar-refractivity contribution >= 4 is 39.8 Å². The van der Waals surface area contributed by atoms with Gasteiger partial charge in [-0.3, -0.25) is 4.79 Å². The second kappa shape index (κ2) is 8.41. The molecule has 1 aliphatic rings. The lowest BCUT2D eigenvalue weighted by molar-refractivity contribution is -0.113. The first-order valence-electron chi connectivity index (χ1n) is 7.56. The summed E-state index contributed by atoms with van der Waals surface area (Å²) in [6.45, 7) is 1.55. The zero-order valence-corrected chi connectivity index (χ0v) is 14.5. The molecule has 2 heterocycles. The van der Waals surface area contributed by atoms with Gasteiger partial charge < -0.3 is 15.4 Å². The van der Waals surface area contributed by atoms with Crippen molar-refractivity contribution in [1.29, 1.82) is 0 Å². The lowest BCUT2D eigenvalue weighted by Gasteiger charge is -2.08. The van der Waals surface area contributed by atoms with Gasteiger partial charge >= 0.3 is 0 Å². The fraction of sp³-hybridized carbons (Fsp3) is 0.400. The van der Waals surface area contributed by atoms with E-state index >= 15 is 0 Å². The summed E-state index contributed by atoms with van der Waals surface area (Å²) in [4.78, 5) is 11.9. The zero-order valence-electron chi connectivity index (χ0n) is 12.8. The van der Waals surface area contributed by atoms with Crippen molar-refractivity contribution in [3.8, 4) is 0 Å². The molecule has 1 amide bonds. The van der Waals surface area contributed by atoms with Crippen molar-refractivity contribution in [2.45, 2.75) is 23.3 Å². The van der Waals surface area contributed by atoms with Crippen LogP contribution >= 0.6 is 23.1 Å². The number of ether oxygens (including phenoxy) is 1. The molecule has 1 aromatic carbocycles. The van der Waals surface area contributed by atoms with E-state index in [0.717, 1.165) is 35.5 Å². The molecule has 128 valence electrons. The van der Waals surface area contributed by atoms with Gasteiger partial charge in [0.1, 0.15) is 5.82 Å². The summed E-state index contributed by atoms with van der Waals surface area (Å²) in [5, 5.41) is 14.8. The molecule has 6 nitrogen and oxygen atoms in total. The number of anilines is 2. The van der Waals surface area contributed by atoms with Crippen LogP contribution in [0, 0.1) is 5.82 Å². The molecule has 2 N–H and O–H groups in total. The van der Waals surface area contributed by atoms with Crippen LogP contribution in [-0.2, 0) is 9.53 Å². The van der Waals surface area contributed by atoms with Crippen LogP contribution in [0.1, 0.15) is 12.8 Å². The van der Waals surface area contributed by atoms with Crippen molar-refractivity contribution in [2.24, 2.45) is 0 Å². The third-order valence-corrected chi connectivity index (χ3v) is 5.38. The minimum Gasteiger partial charge on any atom is -0.376 e. The summed E-state index contributed by atoms with van der Waals surface area (Å²) in [7, 11) is 0. The number of carbonyl (C=O) groups is 1.